The number of esters is 1. The normalized spacial score (nSPS) is 15.9. The Morgan fingerprint density at radius 2 is 1.88 bits per heavy atom. The van der Waals surface area contributed by atoms with Gasteiger partial charge in [-0.2, -0.15) is 0 Å². The molecular formula is C24H21FN2O4S. The zero-order valence-electron chi connectivity index (χ0n) is 17.8. The topological polar surface area (TPSA) is 69.9 Å². The predicted molar refractivity (Wildman–Crippen MR) is 120 cm³/mol. The van der Waals surface area contributed by atoms with Crippen LogP contribution in [0.4, 0.5) is 4.39 Å². The van der Waals surface area contributed by atoms with E-state index < -0.39 is 17.8 Å². The number of fused-ring (bicyclic) bond motifs is 1. The molecule has 6 nitrogen and oxygen atoms in total. The first kappa shape index (κ1) is 21.7. The zero-order chi connectivity index (χ0) is 22.8. The van der Waals surface area contributed by atoms with E-state index in [0.717, 1.165) is 11.3 Å². The molecular weight excluding hydrogens is 431 g/mol. The fourth-order valence-electron chi connectivity index (χ4n) is 3.60. The number of aromatic nitrogens is 1. The number of rotatable bonds is 5. The van der Waals surface area contributed by atoms with Crippen molar-refractivity contribution in [1.29, 1.82) is 0 Å². The van der Waals surface area contributed by atoms with Gasteiger partial charge in [0, 0.05) is 0 Å². The lowest BCUT2D eigenvalue weighted by Crippen LogP contribution is -2.39. The highest BCUT2D eigenvalue weighted by molar-refractivity contribution is 7.07. The largest absolute Gasteiger partial charge is 0.497 e. The quantitative estimate of drug-likeness (QED) is 0.558. The van der Waals surface area contributed by atoms with E-state index >= 15 is 0 Å². The van der Waals surface area contributed by atoms with Crippen LogP contribution in [0.3, 0.4) is 0 Å². The summed E-state index contributed by atoms with van der Waals surface area (Å²) in [5.41, 5.74) is 1.88. The third kappa shape index (κ3) is 4.01. The molecule has 1 aliphatic heterocycles. The van der Waals surface area contributed by atoms with E-state index in [1.807, 2.05) is 24.3 Å². The number of allylic oxidation sites excluding steroid dienone is 1. The Kier molecular flexibility index (Phi) is 6.05. The van der Waals surface area contributed by atoms with Crippen molar-refractivity contribution in [2.24, 2.45) is 4.99 Å². The first-order valence-corrected chi connectivity index (χ1v) is 10.8. The van der Waals surface area contributed by atoms with Gasteiger partial charge in [0.1, 0.15) is 11.6 Å². The Morgan fingerprint density at radius 3 is 2.50 bits per heavy atom. The molecule has 0 fully saturated rings. The van der Waals surface area contributed by atoms with Crippen LogP contribution in [0.2, 0.25) is 0 Å². The number of halogens is 1. The molecule has 1 unspecified atom stereocenters. The number of benzene rings is 2. The second-order valence-corrected chi connectivity index (χ2v) is 8.14. The molecule has 0 radical (unpaired) electrons. The van der Waals surface area contributed by atoms with E-state index in [-0.39, 0.29) is 17.7 Å². The van der Waals surface area contributed by atoms with Crippen LogP contribution in [0.15, 0.2) is 69.6 Å². The van der Waals surface area contributed by atoms with Crippen molar-refractivity contribution in [2.75, 3.05) is 13.7 Å². The molecule has 1 aliphatic rings. The van der Waals surface area contributed by atoms with Crippen molar-refractivity contribution in [2.45, 2.75) is 19.9 Å². The number of thiazole rings is 1. The van der Waals surface area contributed by atoms with Crippen molar-refractivity contribution in [3.8, 4) is 5.75 Å². The number of hydrogen-bond acceptors (Lipinski definition) is 6. The predicted octanol–water partition coefficient (Wildman–Crippen LogP) is 2.95. The van der Waals surface area contributed by atoms with Gasteiger partial charge in [0.2, 0.25) is 0 Å². The highest BCUT2D eigenvalue weighted by atomic mass is 32.1. The molecule has 0 saturated heterocycles. The molecule has 1 aromatic heterocycles. The number of carbonyl (C=O) groups excluding carboxylic acids is 1. The SMILES string of the molecule is CCOC(=O)C1=C(C)N=c2s/c(=C\c3ccc(OC)cc3)c(=O)n2C1c1ccc(F)cc1. The van der Waals surface area contributed by atoms with Gasteiger partial charge in [-0.15, -0.1) is 0 Å². The van der Waals surface area contributed by atoms with Gasteiger partial charge in [-0.05, 0) is 55.3 Å². The smallest absolute Gasteiger partial charge is 0.338 e. The standard InChI is InChI=1S/C24H21FN2O4S/c1-4-31-23(29)20-14(2)26-24-27(21(20)16-7-9-17(25)10-8-16)22(28)19(32-24)13-15-5-11-18(30-3)12-6-15/h5-13,21H,4H2,1-3H3/b19-13-. The second kappa shape index (κ2) is 8.92. The fourth-order valence-corrected chi connectivity index (χ4v) is 4.65. The number of hydrogen-bond donors (Lipinski definition) is 0. The van der Waals surface area contributed by atoms with Gasteiger partial charge in [0.15, 0.2) is 4.80 Å². The first-order chi connectivity index (χ1) is 15.4. The van der Waals surface area contributed by atoms with E-state index in [1.165, 1.54) is 28.0 Å². The maximum atomic E-state index is 13.6. The van der Waals surface area contributed by atoms with Crippen LogP contribution in [0, 0.1) is 5.82 Å². The van der Waals surface area contributed by atoms with Crippen LogP contribution < -0.4 is 19.6 Å². The lowest BCUT2D eigenvalue weighted by atomic mass is 9.96. The van der Waals surface area contributed by atoms with Gasteiger partial charge >= 0.3 is 5.97 Å². The molecule has 4 rings (SSSR count). The minimum Gasteiger partial charge on any atom is -0.497 e. The highest BCUT2D eigenvalue weighted by Crippen LogP contribution is 2.30. The second-order valence-electron chi connectivity index (χ2n) is 7.13. The molecule has 3 aromatic rings. The third-order valence-corrected chi connectivity index (χ3v) is 6.10. The Bertz CT molecular complexity index is 1370. The molecule has 0 bridgehead atoms. The van der Waals surface area contributed by atoms with E-state index in [0.29, 0.717) is 20.6 Å². The summed E-state index contributed by atoms with van der Waals surface area (Å²) < 4.78 is 26.0. The summed E-state index contributed by atoms with van der Waals surface area (Å²) in [5, 5.41) is 0. The molecule has 32 heavy (non-hydrogen) atoms. The molecule has 2 aromatic carbocycles. The zero-order valence-corrected chi connectivity index (χ0v) is 18.6. The average Bonchev–Trinajstić information content (AvgIpc) is 3.08. The minimum absolute atomic E-state index is 0.188. The van der Waals surface area contributed by atoms with Gasteiger partial charge < -0.3 is 9.47 Å². The van der Waals surface area contributed by atoms with Crippen molar-refractivity contribution < 1.29 is 18.7 Å². The Morgan fingerprint density at radius 1 is 1.19 bits per heavy atom. The van der Waals surface area contributed by atoms with Gasteiger partial charge in [-0.25, -0.2) is 14.2 Å². The summed E-state index contributed by atoms with van der Waals surface area (Å²) in [6.07, 6.45) is 1.77. The van der Waals surface area contributed by atoms with Crippen molar-refractivity contribution in [1.82, 2.24) is 4.57 Å². The Balaban J connectivity index is 1.92. The third-order valence-electron chi connectivity index (χ3n) is 5.12. The highest BCUT2D eigenvalue weighted by Gasteiger charge is 2.33. The molecule has 0 aliphatic carbocycles. The Hall–Kier alpha value is -3.52. The van der Waals surface area contributed by atoms with Crippen molar-refractivity contribution in [3.63, 3.8) is 0 Å². The molecule has 1 atom stereocenters. The van der Waals surface area contributed by atoms with Crippen molar-refractivity contribution >= 4 is 23.4 Å². The van der Waals surface area contributed by atoms with Gasteiger partial charge in [0.05, 0.1) is 35.6 Å². The van der Waals surface area contributed by atoms with Crippen LogP contribution in [-0.2, 0) is 9.53 Å². The molecule has 164 valence electrons. The van der Waals surface area contributed by atoms with Crippen LogP contribution in [0.5, 0.6) is 5.75 Å². The summed E-state index contributed by atoms with van der Waals surface area (Å²) in [7, 11) is 1.59. The monoisotopic (exact) mass is 452 g/mol. The molecule has 2 heterocycles. The number of methoxy groups -OCH3 is 1. The van der Waals surface area contributed by atoms with E-state index in [4.69, 9.17) is 9.47 Å². The molecule has 0 N–H and O–H groups in total. The van der Waals surface area contributed by atoms with Crippen LogP contribution in [-0.4, -0.2) is 24.3 Å². The van der Waals surface area contributed by atoms with Crippen LogP contribution in [0.1, 0.15) is 31.0 Å². The number of ether oxygens (including phenoxy) is 2. The molecule has 0 spiro atoms. The molecule has 0 amide bonds. The lowest BCUT2D eigenvalue weighted by molar-refractivity contribution is -0.139. The van der Waals surface area contributed by atoms with Crippen LogP contribution in [0.25, 0.3) is 6.08 Å². The number of carbonyl (C=O) groups is 1. The van der Waals surface area contributed by atoms with Crippen molar-refractivity contribution in [3.05, 3.63) is 96.4 Å². The summed E-state index contributed by atoms with van der Waals surface area (Å²) in [4.78, 5) is 31.2. The van der Waals surface area contributed by atoms with Gasteiger partial charge in [-0.1, -0.05) is 35.6 Å². The molecule has 8 heteroatoms. The first-order valence-electron chi connectivity index (χ1n) is 10.0. The maximum absolute atomic E-state index is 13.6. The summed E-state index contributed by atoms with van der Waals surface area (Å²) in [6.45, 7) is 3.61. The van der Waals surface area contributed by atoms with Gasteiger partial charge in [0.25, 0.3) is 5.56 Å². The van der Waals surface area contributed by atoms with Gasteiger partial charge in [-0.3, -0.25) is 9.36 Å². The van der Waals surface area contributed by atoms with E-state index in [2.05, 4.69) is 4.99 Å². The molecule has 0 saturated carbocycles. The van der Waals surface area contributed by atoms with E-state index in [9.17, 15) is 14.0 Å². The lowest BCUT2D eigenvalue weighted by Gasteiger charge is -2.24. The summed E-state index contributed by atoms with van der Waals surface area (Å²) >= 11 is 1.24. The maximum Gasteiger partial charge on any atom is 0.338 e. The summed E-state index contributed by atoms with van der Waals surface area (Å²) in [5.74, 6) is -0.235. The Labute approximate surface area is 187 Å². The number of nitrogens with zero attached hydrogens (tertiary/aromatic N) is 2. The fraction of sp³-hybridized carbons (Fsp3) is 0.208. The summed E-state index contributed by atoms with van der Waals surface area (Å²) in [6, 6.07) is 12.3. The van der Waals surface area contributed by atoms with E-state index in [1.54, 1.807) is 39.2 Å². The van der Waals surface area contributed by atoms with Crippen LogP contribution >= 0.6 is 11.3 Å². The average molecular weight is 453 g/mol. The minimum atomic E-state index is -0.760.